The van der Waals surface area contributed by atoms with Crippen LogP contribution in [0.25, 0.3) is 0 Å². The van der Waals surface area contributed by atoms with Gasteiger partial charge in [0, 0.05) is 36.5 Å². The van der Waals surface area contributed by atoms with Gasteiger partial charge in [-0.05, 0) is 54.7 Å². The number of aryl methyl sites for hydroxylation is 1. The van der Waals surface area contributed by atoms with Crippen molar-refractivity contribution in [1.82, 2.24) is 4.57 Å². The molecule has 0 bridgehead atoms. The fourth-order valence-electron chi connectivity index (χ4n) is 3.99. The van der Waals surface area contributed by atoms with Crippen LogP contribution in [0.15, 0.2) is 41.3 Å². The van der Waals surface area contributed by atoms with Crippen molar-refractivity contribution in [1.29, 1.82) is 0 Å². The zero-order valence-corrected chi connectivity index (χ0v) is 15.0. The molecule has 0 spiro atoms. The molecule has 1 aliphatic heterocycles. The summed E-state index contributed by atoms with van der Waals surface area (Å²) in [5, 5.41) is 7.09. The molecular weight excluding hydrogens is 328 g/mol. The number of rotatable bonds is 4. The van der Waals surface area contributed by atoms with Crippen LogP contribution in [0.4, 0.5) is 11.4 Å². The van der Waals surface area contributed by atoms with Gasteiger partial charge in [-0.1, -0.05) is 6.92 Å². The van der Waals surface area contributed by atoms with Crippen LogP contribution in [0.3, 0.4) is 0 Å². The second-order valence-corrected chi connectivity index (χ2v) is 7.49. The lowest BCUT2D eigenvalue weighted by molar-refractivity contribution is 0.1000. The molecular formula is C20H24N4O2. The smallest absolute Gasteiger partial charge is 0.273 e. The Balaban J connectivity index is 1.77. The van der Waals surface area contributed by atoms with Crippen LogP contribution >= 0.6 is 0 Å². The Morgan fingerprint density at radius 3 is 2.77 bits per heavy atom. The Hall–Kier alpha value is -2.76. The van der Waals surface area contributed by atoms with Gasteiger partial charge in [0.2, 0.25) is 5.91 Å². The maximum Gasteiger partial charge on any atom is 0.273 e. The summed E-state index contributed by atoms with van der Waals surface area (Å²) in [6.45, 7) is 2.20. The van der Waals surface area contributed by atoms with Crippen molar-refractivity contribution < 1.29 is 4.79 Å². The Kier molecular flexibility index (Phi) is 3.98. The Bertz CT molecular complexity index is 916. The molecule has 1 aliphatic carbocycles. The Morgan fingerprint density at radius 2 is 2.08 bits per heavy atom. The van der Waals surface area contributed by atoms with Crippen LogP contribution in [0, 0.1) is 11.8 Å². The van der Waals surface area contributed by atoms with Crippen molar-refractivity contribution in [2.24, 2.45) is 24.6 Å². The number of carbonyl (C=O) groups excluding carboxylic acids is 1. The summed E-state index contributed by atoms with van der Waals surface area (Å²) in [5.74, 6) is 0.485. The van der Waals surface area contributed by atoms with Crippen LogP contribution < -0.4 is 21.9 Å². The molecule has 4 rings (SSSR count). The summed E-state index contributed by atoms with van der Waals surface area (Å²) < 4.78 is 1.56. The highest BCUT2D eigenvalue weighted by molar-refractivity contribution is 5.93. The molecule has 136 valence electrons. The normalized spacial score (nSPS) is 24.5. The lowest BCUT2D eigenvalue weighted by atomic mass is 9.81. The van der Waals surface area contributed by atoms with Crippen molar-refractivity contribution in [2.45, 2.75) is 31.8 Å². The third kappa shape index (κ3) is 2.85. The molecule has 6 heteroatoms. The molecule has 1 unspecified atom stereocenters. The number of nitrogens with zero attached hydrogens (tertiary/aromatic N) is 1. The first kappa shape index (κ1) is 16.7. The van der Waals surface area contributed by atoms with Crippen LogP contribution in [-0.4, -0.2) is 16.5 Å². The monoisotopic (exact) mass is 352 g/mol. The second-order valence-electron chi connectivity index (χ2n) is 7.49. The molecule has 1 fully saturated rings. The van der Waals surface area contributed by atoms with Crippen LogP contribution in [0.5, 0.6) is 0 Å². The van der Waals surface area contributed by atoms with E-state index in [4.69, 9.17) is 5.73 Å². The van der Waals surface area contributed by atoms with Gasteiger partial charge in [0.15, 0.2) is 0 Å². The standard InChI is InChI=1S/C20H24N4O2/c1-11-17(12-5-6-12)22-15-8-7-13(19(21)25)10-14(15)18(11)23-16-4-3-9-24(2)20(16)26/h3-4,7-12,17-18,22-23H,5-6H2,1-2H3,(H2,21,25)/t11-,17?,18+/m0/s1. The summed E-state index contributed by atoms with van der Waals surface area (Å²) in [4.78, 5) is 24.1. The second kappa shape index (κ2) is 6.20. The highest BCUT2D eigenvalue weighted by Crippen LogP contribution is 2.46. The molecule has 1 aromatic carbocycles. The fraction of sp³-hybridized carbons (Fsp3) is 0.400. The lowest BCUT2D eigenvalue weighted by Crippen LogP contribution is -2.41. The summed E-state index contributed by atoms with van der Waals surface area (Å²) in [6.07, 6.45) is 4.21. The number of fused-ring (bicyclic) bond motifs is 1. The SMILES string of the molecule is C[C@H]1C(C2CC2)Nc2ccc(C(N)=O)cc2[C@@H]1Nc1cccn(C)c1=O. The van der Waals surface area contributed by atoms with E-state index in [-0.39, 0.29) is 17.5 Å². The van der Waals surface area contributed by atoms with Crippen LogP contribution in [0.2, 0.25) is 0 Å². The zero-order valence-electron chi connectivity index (χ0n) is 15.0. The van der Waals surface area contributed by atoms with E-state index in [0.29, 0.717) is 23.2 Å². The van der Waals surface area contributed by atoms with E-state index in [2.05, 4.69) is 17.6 Å². The molecule has 1 aromatic heterocycles. The molecule has 26 heavy (non-hydrogen) atoms. The van der Waals surface area contributed by atoms with Gasteiger partial charge in [0.25, 0.3) is 5.56 Å². The van der Waals surface area contributed by atoms with Gasteiger partial charge in [-0.15, -0.1) is 0 Å². The largest absolute Gasteiger partial charge is 0.381 e. The first-order valence-electron chi connectivity index (χ1n) is 9.08. The quantitative estimate of drug-likeness (QED) is 0.789. The third-order valence-electron chi connectivity index (χ3n) is 5.65. The molecule has 2 aromatic rings. The predicted molar refractivity (Wildman–Crippen MR) is 102 cm³/mol. The first-order chi connectivity index (χ1) is 12.5. The lowest BCUT2D eigenvalue weighted by Gasteiger charge is -2.40. The molecule has 1 amide bonds. The van der Waals surface area contributed by atoms with Gasteiger partial charge in [0.1, 0.15) is 5.69 Å². The van der Waals surface area contributed by atoms with Gasteiger partial charge in [0.05, 0.1) is 6.04 Å². The number of nitrogens with one attached hydrogen (secondary N) is 2. The van der Waals surface area contributed by atoms with Crippen molar-refractivity contribution in [3.05, 3.63) is 58.0 Å². The molecule has 0 saturated heterocycles. The van der Waals surface area contributed by atoms with Gasteiger partial charge in [-0.2, -0.15) is 0 Å². The van der Waals surface area contributed by atoms with E-state index >= 15 is 0 Å². The molecule has 2 aliphatic rings. The number of carbonyl (C=O) groups is 1. The number of anilines is 2. The third-order valence-corrected chi connectivity index (χ3v) is 5.65. The van der Waals surface area contributed by atoms with E-state index < -0.39 is 5.91 Å². The van der Waals surface area contributed by atoms with Crippen molar-refractivity contribution in [2.75, 3.05) is 10.6 Å². The minimum atomic E-state index is -0.445. The summed E-state index contributed by atoms with van der Waals surface area (Å²) in [5.41, 5.74) is 8.46. The van der Waals surface area contributed by atoms with E-state index in [9.17, 15) is 9.59 Å². The highest BCUT2D eigenvalue weighted by atomic mass is 16.1. The highest BCUT2D eigenvalue weighted by Gasteiger charge is 2.42. The zero-order chi connectivity index (χ0) is 18.4. The molecule has 4 N–H and O–H groups in total. The Labute approximate surface area is 152 Å². The van der Waals surface area contributed by atoms with Crippen molar-refractivity contribution in [3.8, 4) is 0 Å². The van der Waals surface area contributed by atoms with E-state index in [1.54, 1.807) is 29.9 Å². The maximum atomic E-state index is 12.5. The number of hydrogen-bond acceptors (Lipinski definition) is 4. The number of pyridine rings is 1. The molecule has 3 atom stereocenters. The summed E-state index contributed by atoms with van der Waals surface area (Å²) >= 11 is 0. The minimum absolute atomic E-state index is 0.0613. The predicted octanol–water partition coefficient (Wildman–Crippen LogP) is 2.48. The average Bonchev–Trinajstić information content (AvgIpc) is 3.45. The van der Waals surface area contributed by atoms with Gasteiger partial charge < -0.3 is 20.9 Å². The number of amides is 1. The van der Waals surface area contributed by atoms with Crippen molar-refractivity contribution in [3.63, 3.8) is 0 Å². The molecule has 6 nitrogen and oxygen atoms in total. The van der Waals surface area contributed by atoms with E-state index in [1.165, 1.54) is 12.8 Å². The van der Waals surface area contributed by atoms with Gasteiger partial charge >= 0.3 is 0 Å². The van der Waals surface area contributed by atoms with Gasteiger partial charge in [-0.25, -0.2) is 0 Å². The minimum Gasteiger partial charge on any atom is -0.381 e. The number of hydrogen-bond donors (Lipinski definition) is 3. The number of aromatic nitrogens is 1. The van der Waals surface area contributed by atoms with Crippen molar-refractivity contribution >= 4 is 17.3 Å². The average molecular weight is 352 g/mol. The van der Waals surface area contributed by atoms with Gasteiger partial charge in [-0.3, -0.25) is 9.59 Å². The van der Waals surface area contributed by atoms with E-state index in [0.717, 1.165) is 11.3 Å². The summed E-state index contributed by atoms with van der Waals surface area (Å²) in [6, 6.07) is 9.48. The summed E-state index contributed by atoms with van der Waals surface area (Å²) in [7, 11) is 1.74. The number of primary amides is 1. The fourth-order valence-corrected chi connectivity index (χ4v) is 3.99. The Morgan fingerprint density at radius 1 is 1.31 bits per heavy atom. The molecule has 2 heterocycles. The molecule has 0 radical (unpaired) electrons. The number of benzene rings is 1. The number of nitrogens with two attached hydrogens (primary N) is 1. The first-order valence-corrected chi connectivity index (χ1v) is 9.08. The topological polar surface area (TPSA) is 89.1 Å². The van der Waals surface area contributed by atoms with E-state index in [1.807, 2.05) is 18.2 Å². The maximum absolute atomic E-state index is 12.5. The van der Waals surface area contributed by atoms with Crippen LogP contribution in [-0.2, 0) is 7.05 Å². The molecule has 1 saturated carbocycles. The van der Waals surface area contributed by atoms with Crippen LogP contribution in [0.1, 0.15) is 41.7 Å².